The largest absolute Gasteiger partial charge is 0.346 e. The molecule has 4 heteroatoms. The van der Waals surface area contributed by atoms with Crippen LogP contribution in [-0.4, -0.2) is 42.9 Å². The number of carbonyl (C=O) groups is 1. The fourth-order valence-electron chi connectivity index (χ4n) is 3.66. The summed E-state index contributed by atoms with van der Waals surface area (Å²) in [6.07, 6.45) is 5.38. The van der Waals surface area contributed by atoms with Crippen LogP contribution < -0.4 is 0 Å². The molecule has 102 valence electrons. The number of carbonyl (C=O) groups excluding carboxylic acids is 1. The zero-order chi connectivity index (χ0) is 12.6. The van der Waals surface area contributed by atoms with Gasteiger partial charge >= 0.3 is 0 Å². The van der Waals surface area contributed by atoms with Crippen molar-refractivity contribution in [3.63, 3.8) is 0 Å². The fraction of sp³-hybridized carbons (Fsp3) is 0.929. The average Bonchev–Trinajstić information content (AvgIpc) is 2.98. The van der Waals surface area contributed by atoms with Crippen LogP contribution in [0.5, 0.6) is 0 Å². The molecule has 4 nitrogen and oxygen atoms in total. The van der Waals surface area contributed by atoms with E-state index < -0.39 is 5.79 Å². The number of hydrogen-bond acceptors (Lipinski definition) is 3. The lowest BCUT2D eigenvalue weighted by molar-refractivity contribution is -0.194. The third-order valence-corrected chi connectivity index (χ3v) is 4.72. The lowest BCUT2D eigenvalue weighted by Gasteiger charge is -2.40. The molecule has 3 aliphatic rings. The number of piperidine rings is 1. The summed E-state index contributed by atoms with van der Waals surface area (Å²) in [5.41, 5.74) is 0. The molecule has 1 amide bonds. The molecule has 1 spiro atoms. The van der Waals surface area contributed by atoms with E-state index in [4.69, 9.17) is 9.47 Å². The topological polar surface area (TPSA) is 38.8 Å². The first kappa shape index (κ1) is 12.4. The zero-order valence-electron chi connectivity index (χ0n) is 11.2. The van der Waals surface area contributed by atoms with Gasteiger partial charge < -0.3 is 14.4 Å². The molecule has 0 N–H and O–H groups in total. The first-order valence-corrected chi connectivity index (χ1v) is 7.27. The average molecular weight is 253 g/mol. The van der Waals surface area contributed by atoms with Crippen molar-refractivity contribution >= 4 is 5.91 Å². The summed E-state index contributed by atoms with van der Waals surface area (Å²) in [6, 6.07) is 0. The highest BCUT2D eigenvalue weighted by Gasteiger charge is 2.44. The molecule has 2 heterocycles. The van der Waals surface area contributed by atoms with Gasteiger partial charge in [0.15, 0.2) is 5.79 Å². The minimum Gasteiger partial charge on any atom is -0.346 e. The minimum absolute atomic E-state index is 0.238. The Bertz CT molecular complexity index is 325. The maximum atomic E-state index is 12.6. The van der Waals surface area contributed by atoms with Gasteiger partial charge in [-0.05, 0) is 25.2 Å². The molecule has 2 unspecified atom stereocenters. The predicted octanol–water partition coefficient (Wildman–Crippen LogP) is 1.79. The Morgan fingerprint density at radius 2 is 2.00 bits per heavy atom. The summed E-state index contributed by atoms with van der Waals surface area (Å²) < 4.78 is 11.5. The molecule has 0 aromatic rings. The van der Waals surface area contributed by atoms with Crippen molar-refractivity contribution in [2.24, 2.45) is 11.8 Å². The van der Waals surface area contributed by atoms with Gasteiger partial charge in [-0.15, -0.1) is 0 Å². The highest BCUT2D eigenvalue weighted by molar-refractivity contribution is 5.79. The number of ether oxygens (including phenoxy) is 2. The van der Waals surface area contributed by atoms with Gasteiger partial charge in [-0.25, -0.2) is 0 Å². The van der Waals surface area contributed by atoms with Crippen LogP contribution in [0.15, 0.2) is 0 Å². The van der Waals surface area contributed by atoms with E-state index in [1.165, 1.54) is 12.8 Å². The maximum absolute atomic E-state index is 12.6. The molecule has 0 aromatic heterocycles. The van der Waals surface area contributed by atoms with Gasteiger partial charge in [0.05, 0.1) is 19.8 Å². The molecule has 18 heavy (non-hydrogen) atoms. The molecule has 2 saturated heterocycles. The van der Waals surface area contributed by atoms with Gasteiger partial charge in [0.1, 0.15) is 0 Å². The molecular formula is C14H23NO3. The van der Waals surface area contributed by atoms with E-state index in [1.54, 1.807) is 0 Å². The van der Waals surface area contributed by atoms with E-state index >= 15 is 0 Å². The molecular weight excluding hydrogens is 230 g/mol. The number of amides is 1. The van der Waals surface area contributed by atoms with E-state index in [0.717, 1.165) is 25.8 Å². The maximum Gasteiger partial charge on any atom is 0.226 e. The Morgan fingerprint density at radius 1 is 1.22 bits per heavy atom. The Balaban J connectivity index is 1.66. The first-order chi connectivity index (χ1) is 8.70. The smallest absolute Gasteiger partial charge is 0.226 e. The van der Waals surface area contributed by atoms with Crippen molar-refractivity contribution in [1.82, 2.24) is 4.90 Å². The van der Waals surface area contributed by atoms with Gasteiger partial charge in [-0.3, -0.25) is 4.79 Å². The predicted molar refractivity (Wildman–Crippen MR) is 67.0 cm³/mol. The molecule has 2 aliphatic heterocycles. The number of nitrogens with zero attached hydrogens (tertiary/aromatic N) is 1. The van der Waals surface area contributed by atoms with Gasteiger partial charge in [0, 0.05) is 18.9 Å². The zero-order valence-corrected chi connectivity index (χ0v) is 11.2. The monoisotopic (exact) mass is 253 g/mol. The van der Waals surface area contributed by atoms with Crippen LogP contribution in [0.3, 0.4) is 0 Å². The normalized spacial score (nSPS) is 35.3. The molecule has 3 rings (SSSR count). The summed E-state index contributed by atoms with van der Waals surface area (Å²) >= 11 is 0. The van der Waals surface area contributed by atoms with Crippen LogP contribution in [0, 0.1) is 11.8 Å². The highest BCUT2D eigenvalue weighted by atomic mass is 16.7. The van der Waals surface area contributed by atoms with Gasteiger partial charge in [-0.1, -0.05) is 13.3 Å². The molecule has 3 fully saturated rings. The Hall–Kier alpha value is -0.610. The van der Waals surface area contributed by atoms with Crippen LogP contribution in [-0.2, 0) is 14.3 Å². The van der Waals surface area contributed by atoms with Crippen LogP contribution in [0.2, 0.25) is 0 Å². The van der Waals surface area contributed by atoms with E-state index in [-0.39, 0.29) is 5.92 Å². The fourth-order valence-corrected chi connectivity index (χ4v) is 3.66. The van der Waals surface area contributed by atoms with Crippen molar-refractivity contribution in [3.8, 4) is 0 Å². The van der Waals surface area contributed by atoms with E-state index in [0.29, 0.717) is 31.6 Å². The van der Waals surface area contributed by atoms with Crippen molar-refractivity contribution < 1.29 is 14.3 Å². The van der Waals surface area contributed by atoms with E-state index in [9.17, 15) is 4.79 Å². The third kappa shape index (κ3) is 2.16. The van der Waals surface area contributed by atoms with Gasteiger partial charge in [0.25, 0.3) is 0 Å². The standard InChI is InChI=1S/C14H23NO3/c1-11-4-2-5-12(11)13(16)15-7-3-6-14(10-15)17-8-9-18-14/h11-12H,2-10H2,1H3. The van der Waals surface area contributed by atoms with Crippen molar-refractivity contribution in [2.45, 2.75) is 44.8 Å². The molecule has 0 radical (unpaired) electrons. The van der Waals surface area contributed by atoms with E-state index in [2.05, 4.69) is 6.92 Å². The van der Waals surface area contributed by atoms with Crippen molar-refractivity contribution in [3.05, 3.63) is 0 Å². The SMILES string of the molecule is CC1CCCC1C(=O)N1CCCC2(C1)OCCO2. The second-order valence-corrected chi connectivity index (χ2v) is 5.99. The Labute approximate surface area is 109 Å². The highest BCUT2D eigenvalue weighted by Crippen LogP contribution is 2.35. The summed E-state index contributed by atoms with van der Waals surface area (Å²) in [4.78, 5) is 14.6. The van der Waals surface area contributed by atoms with Gasteiger partial charge in [0.2, 0.25) is 5.91 Å². The second kappa shape index (κ2) is 4.82. The Kier molecular flexibility index (Phi) is 3.32. The van der Waals surface area contributed by atoms with Crippen LogP contribution in [0.1, 0.15) is 39.0 Å². The molecule has 1 aliphatic carbocycles. The van der Waals surface area contributed by atoms with Crippen LogP contribution in [0.4, 0.5) is 0 Å². The molecule has 0 bridgehead atoms. The lowest BCUT2D eigenvalue weighted by Crippen LogP contribution is -2.52. The second-order valence-electron chi connectivity index (χ2n) is 5.99. The van der Waals surface area contributed by atoms with E-state index in [1.807, 2.05) is 4.90 Å². The summed E-state index contributed by atoms with van der Waals surface area (Å²) in [5, 5.41) is 0. The third-order valence-electron chi connectivity index (χ3n) is 4.72. The lowest BCUT2D eigenvalue weighted by atomic mass is 9.94. The Morgan fingerprint density at radius 3 is 2.67 bits per heavy atom. The summed E-state index contributed by atoms with van der Waals surface area (Å²) in [5.74, 6) is 0.635. The first-order valence-electron chi connectivity index (χ1n) is 7.27. The summed E-state index contributed by atoms with van der Waals surface area (Å²) in [7, 11) is 0. The van der Waals surface area contributed by atoms with Crippen molar-refractivity contribution in [1.29, 1.82) is 0 Å². The molecule has 1 saturated carbocycles. The minimum atomic E-state index is -0.476. The van der Waals surface area contributed by atoms with Gasteiger partial charge in [-0.2, -0.15) is 0 Å². The number of rotatable bonds is 1. The van der Waals surface area contributed by atoms with Crippen LogP contribution in [0.25, 0.3) is 0 Å². The van der Waals surface area contributed by atoms with Crippen molar-refractivity contribution in [2.75, 3.05) is 26.3 Å². The quantitative estimate of drug-likeness (QED) is 0.715. The van der Waals surface area contributed by atoms with Crippen LogP contribution >= 0.6 is 0 Å². The number of likely N-dealkylation sites (tertiary alicyclic amines) is 1. The molecule has 2 atom stereocenters. The number of hydrogen-bond donors (Lipinski definition) is 0. The summed E-state index contributed by atoms with van der Waals surface area (Å²) in [6.45, 7) is 5.05. The molecule has 0 aromatic carbocycles.